The average molecular weight is 488 g/mol. The van der Waals surface area contributed by atoms with Gasteiger partial charge >= 0.3 is 12.1 Å². The zero-order chi connectivity index (χ0) is 25.2. The number of rotatable bonds is 10. The van der Waals surface area contributed by atoms with Crippen molar-refractivity contribution in [1.82, 2.24) is 10.6 Å². The highest BCUT2D eigenvalue weighted by atomic mass is 19.3. The van der Waals surface area contributed by atoms with Crippen LogP contribution in [0.5, 0.6) is 0 Å². The van der Waals surface area contributed by atoms with Gasteiger partial charge in [-0.2, -0.15) is 0 Å². The van der Waals surface area contributed by atoms with Crippen LogP contribution in [0.4, 0.5) is 13.6 Å². The minimum absolute atomic E-state index is 0.0298. The number of carbonyl (C=O) groups excluding carboxylic acids is 2. The number of ether oxygens (including phenoxy) is 2. The molecule has 0 radical (unpaired) electrons. The van der Waals surface area contributed by atoms with Crippen LogP contribution in [0, 0.1) is 11.8 Å². The summed E-state index contributed by atoms with van der Waals surface area (Å²) in [6.45, 7) is -0.338. The molecule has 0 aliphatic heterocycles. The normalized spacial score (nSPS) is 20.3. The molecule has 3 atom stereocenters. The van der Waals surface area contributed by atoms with Crippen LogP contribution in [0.1, 0.15) is 23.5 Å². The Balaban J connectivity index is 1.23. The van der Waals surface area contributed by atoms with E-state index >= 15 is 0 Å². The molecule has 2 amide bonds. The molecule has 3 N–H and O–H groups in total. The molecule has 35 heavy (non-hydrogen) atoms. The fraction of sp³-hybridized carbons (Fsp3) is 0.400. The molecule has 1 unspecified atom stereocenters. The van der Waals surface area contributed by atoms with E-state index in [1.807, 2.05) is 48.5 Å². The molecule has 10 heteroatoms. The molecule has 2 aliphatic rings. The Bertz CT molecular complexity index is 1080. The quantitative estimate of drug-likeness (QED) is 0.474. The molecule has 4 rings (SSSR count). The van der Waals surface area contributed by atoms with Crippen LogP contribution < -0.4 is 10.6 Å². The van der Waals surface area contributed by atoms with Crippen molar-refractivity contribution in [1.29, 1.82) is 0 Å². The van der Waals surface area contributed by atoms with Gasteiger partial charge in [0.2, 0.25) is 5.91 Å². The van der Waals surface area contributed by atoms with Crippen molar-refractivity contribution in [3.63, 3.8) is 0 Å². The lowest BCUT2D eigenvalue weighted by atomic mass is 9.98. The number of carbonyl (C=O) groups is 3. The van der Waals surface area contributed by atoms with Crippen LogP contribution >= 0.6 is 0 Å². The van der Waals surface area contributed by atoms with Crippen molar-refractivity contribution >= 4 is 18.0 Å². The Hall–Kier alpha value is -3.53. The number of nitrogens with one attached hydrogen (secondary N) is 2. The van der Waals surface area contributed by atoms with Crippen LogP contribution in [0.15, 0.2) is 48.5 Å². The van der Waals surface area contributed by atoms with Gasteiger partial charge in [0.25, 0.3) is 5.92 Å². The van der Waals surface area contributed by atoms with E-state index < -0.39 is 48.4 Å². The van der Waals surface area contributed by atoms with Crippen molar-refractivity contribution in [2.24, 2.45) is 11.8 Å². The molecule has 0 saturated heterocycles. The van der Waals surface area contributed by atoms with Gasteiger partial charge in [-0.1, -0.05) is 48.5 Å². The molecule has 0 aromatic heterocycles. The Morgan fingerprint density at radius 3 is 2.17 bits per heavy atom. The van der Waals surface area contributed by atoms with Gasteiger partial charge in [0.1, 0.15) is 12.5 Å². The van der Waals surface area contributed by atoms with E-state index in [1.54, 1.807) is 0 Å². The first-order chi connectivity index (χ1) is 16.7. The average Bonchev–Trinajstić information content (AvgIpc) is 3.26. The summed E-state index contributed by atoms with van der Waals surface area (Å²) < 4.78 is 37.5. The summed E-state index contributed by atoms with van der Waals surface area (Å²) in [7, 11) is 1.35. The second-order valence-corrected chi connectivity index (χ2v) is 8.67. The maximum absolute atomic E-state index is 13.4. The topological polar surface area (TPSA) is 114 Å². The van der Waals surface area contributed by atoms with Crippen molar-refractivity contribution in [2.75, 3.05) is 26.8 Å². The fourth-order valence-electron chi connectivity index (χ4n) is 4.57. The Morgan fingerprint density at radius 1 is 1.03 bits per heavy atom. The zero-order valence-corrected chi connectivity index (χ0v) is 19.0. The molecule has 186 valence electrons. The van der Waals surface area contributed by atoms with Crippen molar-refractivity contribution < 1.29 is 37.7 Å². The van der Waals surface area contributed by atoms with Crippen LogP contribution in [-0.4, -0.2) is 61.9 Å². The van der Waals surface area contributed by atoms with Crippen LogP contribution in [0.25, 0.3) is 11.1 Å². The van der Waals surface area contributed by atoms with E-state index in [1.165, 1.54) is 7.11 Å². The van der Waals surface area contributed by atoms with Crippen LogP contribution in [0.2, 0.25) is 0 Å². The minimum Gasteiger partial charge on any atom is -0.481 e. The van der Waals surface area contributed by atoms with E-state index in [0.29, 0.717) is 0 Å². The SMILES string of the molecule is COC(CNC(=O)OCC1c2ccccc2-c2ccccc21)CC(=O)NC[C@@H]1[C@H](C(=O)O)C1(F)F. The molecule has 2 aliphatic carbocycles. The molecule has 8 nitrogen and oxygen atoms in total. The van der Waals surface area contributed by atoms with Gasteiger partial charge in [0, 0.05) is 26.1 Å². The van der Waals surface area contributed by atoms with Crippen LogP contribution in [-0.2, 0) is 19.1 Å². The largest absolute Gasteiger partial charge is 0.481 e. The minimum atomic E-state index is -3.33. The number of halogens is 2. The van der Waals surface area contributed by atoms with Crippen molar-refractivity contribution in [2.45, 2.75) is 24.4 Å². The number of hydrogen-bond donors (Lipinski definition) is 3. The second-order valence-electron chi connectivity index (χ2n) is 8.67. The summed E-state index contributed by atoms with van der Waals surface area (Å²) in [4.78, 5) is 35.2. The number of benzene rings is 2. The highest BCUT2D eigenvalue weighted by Crippen LogP contribution is 2.54. The molecule has 0 spiro atoms. The number of alkyl carbamates (subject to hydrolysis) is 1. The number of hydrogen-bond acceptors (Lipinski definition) is 5. The van der Waals surface area contributed by atoms with E-state index in [0.717, 1.165) is 22.3 Å². The third-order valence-corrected chi connectivity index (χ3v) is 6.55. The predicted octanol–water partition coefficient (Wildman–Crippen LogP) is 3.01. The summed E-state index contributed by atoms with van der Waals surface area (Å²) in [5.41, 5.74) is 4.39. The number of methoxy groups -OCH3 is 1. The maximum atomic E-state index is 13.4. The number of alkyl halides is 2. The Kier molecular flexibility index (Phi) is 7.02. The van der Waals surface area contributed by atoms with Gasteiger partial charge < -0.3 is 25.2 Å². The lowest BCUT2D eigenvalue weighted by molar-refractivity contribution is -0.141. The molecule has 2 aromatic rings. The monoisotopic (exact) mass is 488 g/mol. The summed E-state index contributed by atoms with van der Waals surface area (Å²) in [6, 6.07) is 15.9. The standard InChI is InChI=1S/C25H26F2N2O6/c1-34-14(10-21(30)28-12-20-22(23(31)32)25(20,26)27)11-29-24(33)35-13-19-17-8-4-2-6-15(17)16-7-3-5-9-18(16)19/h2-9,14,19-20,22H,10-13H2,1H3,(H,28,30)(H,29,33)(H,31,32)/t14?,20-,22-/m1/s1. The maximum Gasteiger partial charge on any atom is 0.407 e. The van der Waals surface area contributed by atoms with Gasteiger partial charge in [-0.25, -0.2) is 13.6 Å². The fourth-order valence-corrected chi connectivity index (χ4v) is 4.57. The number of carboxylic acids is 1. The van der Waals surface area contributed by atoms with E-state index in [-0.39, 0.29) is 25.5 Å². The molecular formula is C25H26F2N2O6. The molecule has 0 heterocycles. The highest BCUT2D eigenvalue weighted by molar-refractivity contribution is 5.80. The molecule has 2 aromatic carbocycles. The van der Waals surface area contributed by atoms with E-state index in [9.17, 15) is 23.2 Å². The van der Waals surface area contributed by atoms with Crippen LogP contribution in [0.3, 0.4) is 0 Å². The first-order valence-corrected chi connectivity index (χ1v) is 11.2. The smallest absolute Gasteiger partial charge is 0.407 e. The lowest BCUT2D eigenvalue weighted by Gasteiger charge is -2.17. The lowest BCUT2D eigenvalue weighted by Crippen LogP contribution is -2.38. The molecule has 1 fully saturated rings. The summed E-state index contributed by atoms with van der Waals surface area (Å²) in [6.07, 6.45) is -1.59. The first kappa shape index (κ1) is 24.6. The first-order valence-electron chi connectivity index (χ1n) is 11.2. The Labute approximate surface area is 200 Å². The molecular weight excluding hydrogens is 462 g/mol. The summed E-state index contributed by atoms with van der Waals surface area (Å²) >= 11 is 0. The van der Waals surface area contributed by atoms with Gasteiger partial charge in [-0.05, 0) is 22.3 Å². The molecule has 0 bridgehead atoms. The predicted molar refractivity (Wildman–Crippen MR) is 121 cm³/mol. The second kappa shape index (κ2) is 9.99. The van der Waals surface area contributed by atoms with Gasteiger partial charge in [0.15, 0.2) is 0 Å². The Morgan fingerprint density at radius 2 is 1.63 bits per heavy atom. The summed E-state index contributed by atoms with van der Waals surface area (Å²) in [5, 5.41) is 13.6. The number of fused-ring (bicyclic) bond motifs is 3. The summed E-state index contributed by atoms with van der Waals surface area (Å²) in [5.74, 6) is -8.80. The van der Waals surface area contributed by atoms with Crippen molar-refractivity contribution in [3.05, 3.63) is 59.7 Å². The van der Waals surface area contributed by atoms with Gasteiger partial charge in [-0.3, -0.25) is 9.59 Å². The zero-order valence-electron chi connectivity index (χ0n) is 19.0. The van der Waals surface area contributed by atoms with Gasteiger partial charge in [0.05, 0.1) is 18.4 Å². The van der Waals surface area contributed by atoms with Gasteiger partial charge in [-0.15, -0.1) is 0 Å². The number of aliphatic carboxylic acids is 1. The number of amides is 2. The molecule has 1 saturated carbocycles. The van der Waals surface area contributed by atoms with Crippen molar-refractivity contribution in [3.8, 4) is 11.1 Å². The van der Waals surface area contributed by atoms with E-state index in [2.05, 4.69) is 10.6 Å². The number of carboxylic acid groups (broad SMARTS) is 1. The third kappa shape index (κ3) is 5.12. The highest BCUT2D eigenvalue weighted by Gasteiger charge is 2.72. The third-order valence-electron chi connectivity index (χ3n) is 6.55. The van der Waals surface area contributed by atoms with E-state index in [4.69, 9.17) is 14.6 Å².